The molecule has 0 aromatic heterocycles. The lowest BCUT2D eigenvalue weighted by molar-refractivity contribution is -0.139. The van der Waals surface area contributed by atoms with Gasteiger partial charge in [0.25, 0.3) is 0 Å². The third kappa shape index (κ3) is 2.97. The van der Waals surface area contributed by atoms with Gasteiger partial charge < -0.3 is 10.4 Å². The van der Waals surface area contributed by atoms with Crippen molar-refractivity contribution in [1.29, 1.82) is 0 Å². The number of piperazine rings is 1. The molecule has 1 rings (SSSR count). The van der Waals surface area contributed by atoms with E-state index in [1.54, 1.807) is 0 Å². The largest absolute Gasteiger partial charge is 0.480 e. The molecule has 2 N–H and O–H groups in total. The maximum atomic E-state index is 10.6. The Hall–Kier alpha value is -0.610. The zero-order valence-corrected chi connectivity index (χ0v) is 8.29. The van der Waals surface area contributed by atoms with E-state index in [1.807, 2.05) is 4.90 Å². The summed E-state index contributed by atoms with van der Waals surface area (Å²) < 4.78 is 0. The van der Waals surface area contributed by atoms with Crippen molar-refractivity contribution in [2.24, 2.45) is 5.92 Å². The van der Waals surface area contributed by atoms with Gasteiger partial charge in [-0.05, 0) is 5.92 Å². The normalized spacial score (nSPS) is 25.0. The topological polar surface area (TPSA) is 52.6 Å². The van der Waals surface area contributed by atoms with Crippen LogP contribution in [0.2, 0.25) is 0 Å². The molecule has 0 spiro atoms. The van der Waals surface area contributed by atoms with Crippen LogP contribution in [0, 0.1) is 5.92 Å². The van der Waals surface area contributed by atoms with Gasteiger partial charge in [-0.1, -0.05) is 13.8 Å². The van der Waals surface area contributed by atoms with E-state index in [2.05, 4.69) is 19.2 Å². The van der Waals surface area contributed by atoms with Gasteiger partial charge in [-0.25, -0.2) is 0 Å². The number of nitrogens with zero attached hydrogens (tertiary/aromatic N) is 1. The molecule has 0 aromatic carbocycles. The second-order valence-electron chi connectivity index (χ2n) is 3.88. The molecule has 0 aromatic rings. The van der Waals surface area contributed by atoms with E-state index in [0.29, 0.717) is 12.0 Å². The van der Waals surface area contributed by atoms with Gasteiger partial charge in [0.2, 0.25) is 0 Å². The third-order valence-corrected chi connectivity index (χ3v) is 2.51. The number of carboxylic acid groups (broad SMARTS) is 1. The van der Waals surface area contributed by atoms with Crippen molar-refractivity contribution < 1.29 is 9.90 Å². The minimum atomic E-state index is -0.729. The van der Waals surface area contributed by atoms with Crippen LogP contribution in [0.5, 0.6) is 0 Å². The fourth-order valence-corrected chi connectivity index (χ4v) is 1.79. The third-order valence-electron chi connectivity index (χ3n) is 2.51. The van der Waals surface area contributed by atoms with E-state index in [0.717, 1.165) is 19.6 Å². The number of nitrogens with one attached hydrogen (secondary N) is 1. The van der Waals surface area contributed by atoms with Gasteiger partial charge in [0.1, 0.15) is 0 Å². The van der Waals surface area contributed by atoms with Gasteiger partial charge in [0.15, 0.2) is 0 Å². The average Bonchev–Trinajstić information content (AvgIpc) is 2.03. The van der Waals surface area contributed by atoms with Crippen LogP contribution >= 0.6 is 0 Å². The van der Waals surface area contributed by atoms with Crippen molar-refractivity contribution in [1.82, 2.24) is 10.2 Å². The van der Waals surface area contributed by atoms with Crippen molar-refractivity contribution >= 4 is 5.97 Å². The summed E-state index contributed by atoms with van der Waals surface area (Å²) in [5, 5.41) is 12.0. The van der Waals surface area contributed by atoms with E-state index in [4.69, 9.17) is 5.11 Å². The highest BCUT2D eigenvalue weighted by atomic mass is 16.4. The van der Waals surface area contributed by atoms with Gasteiger partial charge in [0, 0.05) is 25.7 Å². The summed E-state index contributed by atoms with van der Waals surface area (Å²) in [7, 11) is 0. The molecule has 1 atom stereocenters. The van der Waals surface area contributed by atoms with Crippen LogP contribution < -0.4 is 5.32 Å². The van der Waals surface area contributed by atoms with Crippen molar-refractivity contribution in [2.45, 2.75) is 19.9 Å². The molecule has 1 saturated heterocycles. The maximum Gasteiger partial charge on any atom is 0.317 e. The Bertz CT molecular complexity index is 182. The monoisotopic (exact) mass is 186 g/mol. The van der Waals surface area contributed by atoms with E-state index in [-0.39, 0.29) is 6.54 Å². The summed E-state index contributed by atoms with van der Waals surface area (Å²) in [6, 6.07) is 0.366. The van der Waals surface area contributed by atoms with Gasteiger partial charge in [-0.15, -0.1) is 0 Å². The second kappa shape index (κ2) is 4.58. The van der Waals surface area contributed by atoms with Crippen LogP contribution in [-0.2, 0) is 4.79 Å². The SMILES string of the molecule is CC(C)C1CNCCN1CC(=O)O. The zero-order chi connectivity index (χ0) is 9.84. The van der Waals surface area contributed by atoms with Gasteiger partial charge in [-0.3, -0.25) is 9.69 Å². The molecular formula is C9H18N2O2. The standard InChI is InChI=1S/C9H18N2O2/c1-7(2)8-5-10-3-4-11(8)6-9(12)13/h7-8,10H,3-6H2,1-2H3,(H,12,13). The molecule has 0 radical (unpaired) electrons. The predicted molar refractivity (Wildman–Crippen MR) is 50.7 cm³/mol. The molecule has 0 aliphatic carbocycles. The molecule has 13 heavy (non-hydrogen) atoms. The van der Waals surface area contributed by atoms with Crippen molar-refractivity contribution in [3.05, 3.63) is 0 Å². The number of carboxylic acids is 1. The number of carbonyl (C=O) groups is 1. The van der Waals surface area contributed by atoms with Crippen LogP contribution in [0.15, 0.2) is 0 Å². The number of rotatable bonds is 3. The summed E-state index contributed by atoms with van der Waals surface area (Å²) in [6.45, 7) is 7.08. The molecular weight excluding hydrogens is 168 g/mol. The predicted octanol–water partition coefficient (Wildman–Crippen LogP) is 0.000800. The van der Waals surface area contributed by atoms with Crippen LogP contribution in [0.1, 0.15) is 13.8 Å². The van der Waals surface area contributed by atoms with Crippen LogP contribution in [-0.4, -0.2) is 48.2 Å². The molecule has 0 saturated carbocycles. The lowest BCUT2D eigenvalue weighted by Crippen LogP contribution is -2.54. The van der Waals surface area contributed by atoms with Crippen LogP contribution in [0.4, 0.5) is 0 Å². The molecule has 1 fully saturated rings. The highest BCUT2D eigenvalue weighted by molar-refractivity contribution is 5.69. The quantitative estimate of drug-likeness (QED) is 0.651. The molecule has 76 valence electrons. The van der Waals surface area contributed by atoms with Gasteiger partial charge >= 0.3 is 5.97 Å². The molecule has 0 bridgehead atoms. The average molecular weight is 186 g/mol. The second-order valence-corrected chi connectivity index (χ2v) is 3.88. The first-order chi connectivity index (χ1) is 6.11. The first kappa shape index (κ1) is 10.5. The molecule has 1 aliphatic rings. The molecule has 4 heteroatoms. The van der Waals surface area contributed by atoms with E-state index >= 15 is 0 Å². The summed E-state index contributed by atoms with van der Waals surface area (Å²) in [5.74, 6) is -0.222. The maximum absolute atomic E-state index is 10.6. The minimum absolute atomic E-state index is 0.171. The van der Waals surface area contributed by atoms with Crippen molar-refractivity contribution in [3.8, 4) is 0 Å². The van der Waals surface area contributed by atoms with E-state index in [9.17, 15) is 4.79 Å². The first-order valence-corrected chi connectivity index (χ1v) is 4.78. The summed E-state index contributed by atoms with van der Waals surface area (Å²) in [4.78, 5) is 12.6. The Kier molecular flexibility index (Phi) is 3.69. The number of hydrogen-bond acceptors (Lipinski definition) is 3. The molecule has 1 unspecified atom stereocenters. The van der Waals surface area contributed by atoms with E-state index in [1.165, 1.54) is 0 Å². The summed E-state index contributed by atoms with van der Waals surface area (Å²) >= 11 is 0. The Morgan fingerprint density at radius 1 is 1.69 bits per heavy atom. The Morgan fingerprint density at radius 2 is 2.38 bits per heavy atom. The molecule has 1 aliphatic heterocycles. The molecule has 4 nitrogen and oxygen atoms in total. The molecule has 0 amide bonds. The Morgan fingerprint density at radius 3 is 2.92 bits per heavy atom. The van der Waals surface area contributed by atoms with E-state index < -0.39 is 5.97 Å². The molecule has 1 heterocycles. The number of aliphatic carboxylic acids is 1. The zero-order valence-electron chi connectivity index (χ0n) is 8.29. The Labute approximate surface area is 78.9 Å². The first-order valence-electron chi connectivity index (χ1n) is 4.78. The fraction of sp³-hybridized carbons (Fsp3) is 0.889. The summed E-state index contributed by atoms with van der Waals surface area (Å²) in [5.41, 5.74) is 0. The highest BCUT2D eigenvalue weighted by Gasteiger charge is 2.25. The van der Waals surface area contributed by atoms with Gasteiger partial charge in [0.05, 0.1) is 6.54 Å². The van der Waals surface area contributed by atoms with Crippen molar-refractivity contribution in [3.63, 3.8) is 0 Å². The Balaban J connectivity index is 2.51. The van der Waals surface area contributed by atoms with Crippen molar-refractivity contribution in [2.75, 3.05) is 26.2 Å². The van der Waals surface area contributed by atoms with Crippen LogP contribution in [0.3, 0.4) is 0 Å². The minimum Gasteiger partial charge on any atom is -0.480 e. The van der Waals surface area contributed by atoms with Crippen LogP contribution in [0.25, 0.3) is 0 Å². The fourth-order valence-electron chi connectivity index (χ4n) is 1.79. The summed E-state index contributed by atoms with van der Waals surface area (Å²) in [6.07, 6.45) is 0. The lowest BCUT2D eigenvalue weighted by atomic mass is 10.0. The van der Waals surface area contributed by atoms with Gasteiger partial charge in [-0.2, -0.15) is 0 Å². The lowest BCUT2D eigenvalue weighted by Gasteiger charge is -2.37. The smallest absolute Gasteiger partial charge is 0.317 e. The highest BCUT2D eigenvalue weighted by Crippen LogP contribution is 2.11. The number of hydrogen-bond donors (Lipinski definition) is 2.